The molecule has 3 aromatic rings. The SMILES string of the molecule is Cc1ccc2c(c1)c1c(n2CC(C)c2ccccc2)CCN(C)C1. The Bertz CT molecular complexity index is 861. The van der Waals surface area contributed by atoms with Gasteiger partial charge in [0.2, 0.25) is 0 Å². The molecule has 1 atom stereocenters. The fourth-order valence-corrected chi connectivity index (χ4v) is 4.07. The van der Waals surface area contributed by atoms with Gasteiger partial charge in [-0.2, -0.15) is 0 Å². The second-order valence-electron chi connectivity index (χ2n) is 7.36. The zero-order valence-electron chi connectivity index (χ0n) is 14.9. The Hall–Kier alpha value is -2.06. The molecule has 4 rings (SSSR count). The van der Waals surface area contributed by atoms with Crippen molar-refractivity contribution in [1.82, 2.24) is 9.47 Å². The number of aromatic nitrogens is 1. The lowest BCUT2D eigenvalue weighted by Gasteiger charge is -2.25. The number of fused-ring (bicyclic) bond motifs is 3. The largest absolute Gasteiger partial charge is 0.344 e. The van der Waals surface area contributed by atoms with E-state index in [-0.39, 0.29) is 0 Å². The molecule has 1 aliphatic rings. The molecule has 0 fully saturated rings. The van der Waals surface area contributed by atoms with E-state index in [4.69, 9.17) is 0 Å². The minimum Gasteiger partial charge on any atom is -0.344 e. The van der Waals surface area contributed by atoms with Crippen molar-refractivity contribution < 1.29 is 0 Å². The summed E-state index contributed by atoms with van der Waals surface area (Å²) >= 11 is 0. The first-order chi connectivity index (χ1) is 11.6. The summed E-state index contributed by atoms with van der Waals surface area (Å²) in [5.41, 5.74) is 7.28. The van der Waals surface area contributed by atoms with Crippen molar-refractivity contribution in [3.05, 3.63) is 70.9 Å². The zero-order valence-corrected chi connectivity index (χ0v) is 14.9. The molecule has 0 aliphatic carbocycles. The van der Waals surface area contributed by atoms with Gasteiger partial charge in [0, 0.05) is 42.7 Å². The first-order valence-corrected chi connectivity index (χ1v) is 8.97. The summed E-state index contributed by atoms with van der Waals surface area (Å²) < 4.78 is 2.59. The fourth-order valence-electron chi connectivity index (χ4n) is 4.07. The van der Waals surface area contributed by atoms with Crippen LogP contribution in [-0.2, 0) is 19.5 Å². The van der Waals surface area contributed by atoms with Crippen LogP contribution in [0.1, 0.15) is 35.2 Å². The third kappa shape index (κ3) is 2.65. The van der Waals surface area contributed by atoms with Crippen molar-refractivity contribution in [3.8, 4) is 0 Å². The monoisotopic (exact) mass is 318 g/mol. The topological polar surface area (TPSA) is 8.17 Å². The number of nitrogens with zero attached hydrogens (tertiary/aromatic N) is 2. The lowest BCUT2D eigenvalue weighted by Crippen LogP contribution is -2.27. The maximum absolute atomic E-state index is 2.59. The molecule has 1 aliphatic heterocycles. The lowest BCUT2D eigenvalue weighted by molar-refractivity contribution is 0.308. The van der Waals surface area contributed by atoms with Crippen LogP contribution in [0.15, 0.2) is 48.5 Å². The molecule has 0 bridgehead atoms. The van der Waals surface area contributed by atoms with Crippen molar-refractivity contribution in [2.24, 2.45) is 0 Å². The van der Waals surface area contributed by atoms with E-state index in [1.54, 1.807) is 11.3 Å². The molecular weight excluding hydrogens is 292 g/mol. The number of likely N-dealkylation sites (N-methyl/N-ethyl adjacent to an activating group) is 1. The number of rotatable bonds is 3. The van der Waals surface area contributed by atoms with Crippen molar-refractivity contribution >= 4 is 10.9 Å². The predicted molar refractivity (Wildman–Crippen MR) is 102 cm³/mol. The molecule has 2 heterocycles. The zero-order chi connectivity index (χ0) is 16.7. The molecular formula is C22H26N2. The Morgan fingerprint density at radius 2 is 1.88 bits per heavy atom. The maximum Gasteiger partial charge on any atom is 0.0486 e. The van der Waals surface area contributed by atoms with Gasteiger partial charge in [0.15, 0.2) is 0 Å². The highest BCUT2D eigenvalue weighted by atomic mass is 15.1. The molecule has 0 spiro atoms. The minimum atomic E-state index is 0.520. The van der Waals surface area contributed by atoms with Gasteiger partial charge < -0.3 is 9.47 Å². The summed E-state index contributed by atoms with van der Waals surface area (Å²) in [6, 6.07) is 17.8. The van der Waals surface area contributed by atoms with Crippen LogP contribution in [0.3, 0.4) is 0 Å². The summed E-state index contributed by atoms with van der Waals surface area (Å²) in [6.07, 6.45) is 1.15. The summed E-state index contributed by atoms with van der Waals surface area (Å²) in [4.78, 5) is 2.44. The summed E-state index contributed by atoms with van der Waals surface area (Å²) in [6.45, 7) is 7.83. The third-order valence-corrected chi connectivity index (χ3v) is 5.43. The van der Waals surface area contributed by atoms with E-state index in [0.29, 0.717) is 5.92 Å². The molecule has 0 amide bonds. The van der Waals surface area contributed by atoms with Gasteiger partial charge in [-0.05, 0) is 43.1 Å². The van der Waals surface area contributed by atoms with Gasteiger partial charge in [-0.1, -0.05) is 48.9 Å². The smallest absolute Gasteiger partial charge is 0.0486 e. The van der Waals surface area contributed by atoms with Gasteiger partial charge in [-0.25, -0.2) is 0 Å². The highest BCUT2D eigenvalue weighted by molar-refractivity contribution is 5.86. The highest BCUT2D eigenvalue weighted by Crippen LogP contribution is 2.33. The molecule has 2 heteroatoms. The standard InChI is InChI=1S/C22H26N2/c1-16-9-10-21-19(13-16)20-15-23(3)12-11-22(20)24(21)14-17(2)18-7-5-4-6-8-18/h4-10,13,17H,11-12,14-15H2,1-3H3. The van der Waals surface area contributed by atoms with Crippen molar-refractivity contribution in [3.63, 3.8) is 0 Å². The van der Waals surface area contributed by atoms with E-state index in [2.05, 4.69) is 78.9 Å². The van der Waals surface area contributed by atoms with Crippen molar-refractivity contribution in [2.75, 3.05) is 13.6 Å². The van der Waals surface area contributed by atoms with E-state index in [0.717, 1.165) is 26.1 Å². The van der Waals surface area contributed by atoms with E-state index in [1.165, 1.54) is 22.0 Å². The summed E-state index contributed by atoms with van der Waals surface area (Å²) in [5, 5.41) is 1.46. The average Bonchev–Trinajstić information content (AvgIpc) is 2.88. The number of aryl methyl sites for hydroxylation is 1. The second kappa shape index (κ2) is 6.10. The second-order valence-corrected chi connectivity index (χ2v) is 7.36. The van der Waals surface area contributed by atoms with E-state index < -0.39 is 0 Å². The highest BCUT2D eigenvalue weighted by Gasteiger charge is 2.23. The van der Waals surface area contributed by atoms with Crippen LogP contribution in [0.25, 0.3) is 10.9 Å². The van der Waals surface area contributed by atoms with Crippen LogP contribution in [0.5, 0.6) is 0 Å². The molecule has 1 unspecified atom stereocenters. The molecule has 124 valence electrons. The van der Waals surface area contributed by atoms with Crippen LogP contribution in [-0.4, -0.2) is 23.1 Å². The first-order valence-electron chi connectivity index (χ1n) is 8.97. The molecule has 2 aromatic carbocycles. The van der Waals surface area contributed by atoms with Crippen molar-refractivity contribution in [2.45, 2.75) is 39.3 Å². The lowest BCUT2D eigenvalue weighted by atomic mass is 10.0. The normalized spacial score (nSPS) is 16.3. The molecule has 2 nitrogen and oxygen atoms in total. The van der Waals surface area contributed by atoms with Crippen LogP contribution < -0.4 is 0 Å². The van der Waals surface area contributed by atoms with Gasteiger partial charge in [0.05, 0.1) is 0 Å². The van der Waals surface area contributed by atoms with Gasteiger partial charge in [0.1, 0.15) is 0 Å². The molecule has 24 heavy (non-hydrogen) atoms. The fraction of sp³-hybridized carbons (Fsp3) is 0.364. The van der Waals surface area contributed by atoms with E-state index in [1.807, 2.05) is 0 Å². The third-order valence-electron chi connectivity index (χ3n) is 5.43. The van der Waals surface area contributed by atoms with Gasteiger partial charge >= 0.3 is 0 Å². The number of hydrogen-bond acceptors (Lipinski definition) is 1. The van der Waals surface area contributed by atoms with E-state index >= 15 is 0 Å². The Morgan fingerprint density at radius 1 is 1.08 bits per heavy atom. The minimum absolute atomic E-state index is 0.520. The van der Waals surface area contributed by atoms with Gasteiger partial charge in [-0.3, -0.25) is 0 Å². The molecule has 0 radical (unpaired) electrons. The molecule has 0 saturated carbocycles. The predicted octanol–water partition coefficient (Wildman–Crippen LogP) is 4.74. The summed E-state index contributed by atoms with van der Waals surface area (Å²) in [7, 11) is 2.23. The molecule has 0 N–H and O–H groups in total. The Morgan fingerprint density at radius 3 is 2.67 bits per heavy atom. The Labute approximate surface area is 144 Å². The van der Waals surface area contributed by atoms with Crippen LogP contribution in [0.2, 0.25) is 0 Å². The van der Waals surface area contributed by atoms with Crippen LogP contribution in [0.4, 0.5) is 0 Å². The van der Waals surface area contributed by atoms with Gasteiger partial charge in [0.25, 0.3) is 0 Å². The Balaban J connectivity index is 1.80. The number of hydrogen-bond donors (Lipinski definition) is 0. The van der Waals surface area contributed by atoms with Crippen LogP contribution >= 0.6 is 0 Å². The Kier molecular flexibility index (Phi) is 3.93. The quantitative estimate of drug-likeness (QED) is 0.677. The first kappa shape index (κ1) is 15.5. The average molecular weight is 318 g/mol. The van der Waals surface area contributed by atoms with E-state index in [9.17, 15) is 0 Å². The molecule has 1 aromatic heterocycles. The summed E-state index contributed by atoms with van der Waals surface area (Å²) in [5.74, 6) is 0.520. The van der Waals surface area contributed by atoms with Crippen molar-refractivity contribution in [1.29, 1.82) is 0 Å². The van der Waals surface area contributed by atoms with Gasteiger partial charge in [-0.15, -0.1) is 0 Å². The molecule has 0 saturated heterocycles. The number of benzene rings is 2. The maximum atomic E-state index is 2.59. The van der Waals surface area contributed by atoms with Crippen LogP contribution in [0, 0.1) is 6.92 Å².